The minimum atomic E-state index is 0.241. The molecule has 5 nitrogen and oxygen atoms in total. The number of piperazine rings is 2. The number of nitrogens with zero attached hydrogens (tertiary/aromatic N) is 4. The van der Waals surface area contributed by atoms with Crippen LogP contribution in [-0.4, -0.2) is 109 Å². The molecule has 4 bridgehead atoms. The van der Waals surface area contributed by atoms with Crippen molar-refractivity contribution in [2.75, 3.05) is 78.5 Å². The van der Waals surface area contributed by atoms with Crippen LogP contribution in [-0.2, 0) is 4.74 Å². The monoisotopic (exact) mass is 793 g/mol. The van der Waals surface area contributed by atoms with E-state index < -0.39 is 0 Å². The van der Waals surface area contributed by atoms with Crippen molar-refractivity contribution < 1.29 is 4.74 Å². The third kappa shape index (κ3) is 8.53. The average Bonchev–Trinajstić information content (AvgIpc) is 3.88. The Morgan fingerprint density at radius 1 is 0.448 bits per heavy atom. The summed E-state index contributed by atoms with van der Waals surface area (Å²) in [5.74, 6) is 7.76. The van der Waals surface area contributed by atoms with Crippen LogP contribution < -0.4 is 0 Å². The van der Waals surface area contributed by atoms with Gasteiger partial charge in [0.25, 0.3) is 0 Å². The van der Waals surface area contributed by atoms with E-state index in [-0.39, 0.29) is 11.2 Å². The Morgan fingerprint density at radius 3 is 1.17 bits per heavy atom. The highest BCUT2D eigenvalue weighted by atomic mass is 16.5. The molecule has 10 atom stereocenters. The zero-order chi connectivity index (χ0) is 40.6. The van der Waals surface area contributed by atoms with Crippen molar-refractivity contribution in [3.8, 4) is 0 Å². The molecule has 4 heterocycles. The van der Waals surface area contributed by atoms with Crippen molar-refractivity contribution in [1.82, 2.24) is 19.6 Å². The lowest BCUT2D eigenvalue weighted by atomic mass is 9.54. The Balaban J connectivity index is 0.751. The van der Waals surface area contributed by atoms with Gasteiger partial charge in [-0.15, -0.1) is 0 Å². The normalized spacial score (nSPS) is 37.2. The lowest BCUT2D eigenvalue weighted by Gasteiger charge is -2.48. The summed E-state index contributed by atoms with van der Waals surface area (Å²) in [7, 11) is 0. The molecule has 9 fully saturated rings. The van der Waals surface area contributed by atoms with Gasteiger partial charge in [0.15, 0.2) is 0 Å². The van der Waals surface area contributed by atoms with Crippen molar-refractivity contribution in [1.29, 1.82) is 0 Å². The fourth-order valence-corrected chi connectivity index (χ4v) is 14.6. The van der Waals surface area contributed by atoms with Gasteiger partial charge < -0.3 is 14.5 Å². The topological polar surface area (TPSA) is 22.2 Å². The number of hydrogen-bond donors (Lipinski definition) is 0. The van der Waals surface area contributed by atoms with E-state index in [0.717, 1.165) is 60.4 Å². The first-order valence-electron chi connectivity index (χ1n) is 24.5. The number of ether oxygens (including phenoxy) is 1. The van der Waals surface area contributed by atoms with E-state index in [1.807, 2.05) is 0 Å². The maximum Gasteiger partial charge on any atom is 0.0771 e. The molecule has 9 rings (SSSR count). The van der Waals surface area contributed by atoms with Gasteiger partial charge in [-0.25, -0.2) is 0 Å². The predicted octanol–water partition coefficient (Wildman–Crippen LogP) is 10.7. The van der Waals surface area contributed by atoms with Crippen LogP contribution in [0.1, 0.15) is 126 Å². The van der Waals surface area contributed by atoms with Crippen LogP contribution in [0, 0.1) is 47.3 Å². The lowest BCUT2D eigenvalue weighted by molar-refractivity contribution is -0.0866. The van der Waals surface area contributed by atoms with Crippen LogP contribution in [0.25, 0.3) is 0 Å². The Bertz CT molecular complexity index is 1500. The first kappa shape index (κ1) is 42.9. The molecule has 4 aliphatic heterocycles. The molecule has 0 aromatic heterocycles. The minimum absolute atomic E-state index is 0.241. The second-order valence-corrected chi connectivity index (χ2v) is 21.5. The highest BCUT2D eigenvalue weighted by Crippen LogP contribution is 2.94. The van der Waals surface area contributed by atoms with Gasteiger partial charge in [0.1, 0.15) is 0 Å². The summed E-state index contributed by atoms with van der Waals surface area (Å²) in [5.41, 5.74) is 9.54. The highest BCUT2D eigenvalue weighted by molar-refractivity contribution is 5.43. The molecule has 0 spiro atoms. The molecule has 9 aliphatic rings. The fraction of sp³-hybridized carbons (Fsp3) is 0.774. The molecule has 4 saturated heterocycles. The summed E-state index contributed by atoms with van der Waals surface area (Å²) in [6.45, 7) is 32.7. The van der Waals surface area contributed by atoms with E-state index in [4.69, 9.17) is 4.74 Å². The van der Waals surface area contributed by atoms with Crippen molar-refractivity contribution in [2.24, 2.45) is 47.3 Å². The molecule has 58 heavy (non-hydrogen) atoms. The number of allylic oxidation sites excluding steroid dienone is 10. The van der Waals surface area contributed by atoms with E-state index in [2.05, 4.69) is 111 Å². The van der Waals surface area contributed by atoms with Gasteiger partial charge in [-0.05, 0) is 173 Å². The summed E-state index contributed by atoms with van der Waals surface area (Å²) < 4.78 is 7.75. The third-order valence-corrected chi connectivity index (χ3v) is 17.3. The summed E-state index contributed by atoms with van der Waals surface area (Å²) in [5, 5.41) is 0. The van der Waals surface area contributed by atoms with Gasteiger partial charge in [-0.1, -0.05) is 69.9 Å². The lowest BCUT2D eigenvalue weighted by Crippen LogP contribution is -2.54. The van der Waals surface area contributed by atoms with Crippen LogP contribution >= 0.6 is 0 Å². The van der Waals surface area contributed by atoms with Crippen LogP contribution in [0.3, 0.4) is 0 Å². The summed E-state index contributed by atoms with van der Waals surface area (Å²) in [4.78, 5) is 11.0. The van der Waals surface area contributed by atoms with Gasteiger partial charge >= 0.3 is 0 Å². The van der Waals surface area contributed by atoms with Gasteiger partial charge in [0.05, 0.1) is 11.2 Å². The molecule has 0 amide bonds. The standard InChI is InChI=1S/C53H84N4O/c1-38(2)13-9-15-40(5)17-11-19-42(7)21-25-54-29-33-56(34-30-54)27-23-52-48-44-37-45-47-46(44)50(52)51(47)53(58-52,49(45)48)24-28-57-35-31-55(32-36-57)26-22-43(8)20-12-18-41(6)16-10-14-39(3)4/h13-14,17-18,21-22,44-51H,9-12,15-16,19-20,23-37H2,1-8H3/b40-17+,41-18+,42-21-,43-22+. The van der Waals surface area contributed by atoms with Crippen LogP contribution in [0.15, 0.2) is 69.9 Å². The van der Waals surface area contributed by atoms with Crippen LogP contribution in [0.4, 0.5) is 0 Å². The highest BCUT2D eigenvalue weighted by Gasteiger charge is 2.96. The Labute approximate surface area is 356 Å². The maximum atomic E-state index is 7.75. The second-order valence-electron chi connectivity index (χ2n) is 21.5. The van der Waals surface area contributed by atoms with E-state index in [1.54, 1.807) is 28.7 Å². The minimum Gasteiger partial charge on any atom is -0.367 e. The number of hydrogen-bond acceptors (Lipinski definition) is 5. The quantitative estimate of drug-likeness (QED) is 0.102. The molecule has 0 radical (unpaired) electrons. The largest absolute Gasteiger partial charge is 0.367 e. The Morgan fingerprint density at radius 2 is 0.793 bits per heavy atom. The van der Waals surface area contributed by atoms with Gasteiger partial charge in [-0.2, -0.15) is 0 Å². The summed E-state index contributed by atoms with van der Waals surface area (Å²) >= 11 is 0. The van der Waals surface area contributed by atoms with E-state index in [0.29, 0.717) is 0 Å². The molecule has 0 aromatic carbocycles. The number of rotatable bonds is 22. The Hall–Kier alpha value is -1.76. The van der Waals surface area contributed by atoms with Crippen molar-refractivity contribution >= 4 is 0 Å². The smallest absolute Gasteiger partial charge is 0.0771 e. The molecule has 0 N–H and O–H groups in total. The van der Waals surface area contributed by atoms with Crippen molar-refractivity contribution in [2.45, 2.75) is 137 Å². The van der Waals surface area contributed by atoms with Crippen molar-refractivity contribution in [3.63, 3.8) is 0 Å². The first-order valence-corrected chi connectivity index (χ1v) is 24.5. The van der Waals surface area contributed by atoms with E-state index >= 15 is 0 Å². The SMILES string of the molecule is CC(C)=CCC/C(C)=C/CC/C(C)=C\CN1CCN(CCC23OC4(CCN5CCN(C/C=C(\C)CC/C=C(\C)CCC=C(C)C)CC5)C5C6CC(C7C6C4C72)C53)CC1. The summed E-state index contributed by atoms with van der Waals surface area (Å²) in [6, 6.07) is 0. The van der Waals surface area contributed by atoms with Gasteiger partial charge in [-0.3, -0.25) is 9.80 Å². The molecule has 322 valence electrons. The predicted molar refractivity (Wildman–Crippen MR) is 245 cm³/mol. The molecule has 5 aliphatic carbocycles. The van der Waals surface area contributed by atoms with Crippen molar-refractivity contribution in [3.05, 3.63) is 69.9 Å². The maximum absolute atomic E-state index is 7.75. The third-order valence-electron chi connectivity index (χ3n) is 17.3. The summed E-state index contributed by atoms with van der Waals surface area (Å²) in [6.07, 6.45) is 28.4. The molecule has 10 unspecified atom stereocenters. The molecule has 5 heteroatoms. The Kier molecular flexibility index (Phi) is 13.5. The van der Waals surface area contributed by atoms with Crippen LogP contribution in [0.5, 0.6) is 0 Å². The van der Waals surface area contributed by atoms with Gasteiger partial charge in [0, 0.05) is 78.5 Å². The molecule has 0 aromatic rings. The van der Waals surface area contributed by atoms with E-state index in [1.165, 1.54) is 141 Å². The van der Waals surface area contributed by atoms with E-state index in [9.17, 15) is 0 Å². The van der Waals surface area contributed by atoms with Gasteiger partial charge in [0.2, 0.25) is 0 Å². The molecular formula is C53H84N4O. The van der Waals surface area contributed by atoms with Crippen LogP contribution in [0.2, 0.25) is 0 Å². The first-order chi connectivity index (χ1) is 28.0. The average molecular weight is 793 g/mol. The second kappa shape index (κ2) is 18.3. The fourth-order valence-electron chi connectivity index (χ4n) is 14.6. The zero-order valence-corrected chi connectivity index (χ0v) is 38.5. The zero-order valence-electron chi connectivity index (χ0n) is 38.5. The molecule has 5 saturated carbocycles. The molecular weight excluding hydrogens is 709 g/mol.